The zero-order valence-corrected chi connectivity index (χ0v) is 20.2. The molecular formula is C25H24N6O3S. The van der Waals surface area contributed by atoms with Crippen LogP contribution in [0.1, 0.15) is 29.8 Å². The number of rotatable bonds is 5. The van der Waals surface area contributed by atoms with Crippen LogP contribution in [0.4, 0.5) is 9.93 Å². The molecule has 1 fully saturated rings. The number of urea groups is 1. The molecule has 0 spiro atoms. The maximum absolute atomic E-state index is 13.0. The fourth-order valence-electron chi connectivity index (χ4n) is 4.05. The van der Waals surface area contributed by atoms with Gasteiger partial charge in [-0.1, -0.05) is 23.5 Å². The largest absolute Gasteiger partial charge is 0.390 e. The van der Waals surface area contributed by atoms with Gasteiger partial charge < -0.3 is 14.7 Å². The highest BCUT2D eigenvalue weighted by molar-refractivity contribution is 7.19. The standard InChI is InChI=1S/C25H24N6O3S/c1-16-10-19(12-20(14-32)28-16)22-21(18-5-3-4-17(11-18)13-26)29-23(35-22)30-24(33)31-8-6-25(15-27,34-2)7-9-31/h3-5,10-12,32H,6-9,14H2,1-2H3,(H,29,30,33). The Hall–Kier alpha value is -3.83. The molecule has 10 heteroatoms. The second-order valence-corrected chi connectivity index (χ2v) is 9.26. The Balaban J connectivity index is 1.67. The van der Waals surface area contributed by atoms with E-state index < -0.39 is 5.60 Å². The lowest BCUT2D eigenvalue weighted by Gasteiger charge is -2.35. The van der Waals surface area contributed by atoms with Crippen LogP contribution in [0.15, 0.2) is 36.4 Å². The monoisotopic (exact) mass is 488 g/mol. The first-order valence-corrected chi connectivity index (χ1v) is 11.8. The summed E-state index contributed by atoms with van der Waals surface area (Å²) in [6.45, 7) is 2.44. The topological polar surface area (TPSA) is 135 Å². The number of benzene rings is 1. The zero-order valence-electron chi connectivity index (χ0n) is 19.4. The predicted molar refractivity (Wildman–Crippen MR) is 131 cm³/mol. The van der Waals surface area contributed by atoms with E-state index in [1.807, 2.05) is 19.1 Å². The second-order valence-electron chi connectivity index (χ2n) is 8.26. The Bertz CT molecular complexity index is 1330. The number of piperidine rings is 1. The summed E-state index contributed by atoms with van der Waals surface area (Å²) >= 11 is 1.31. The van der Waals surface area contributed by atoms with Gasteiger partial charge in [-0.05, 0) is 36.8 Å². The number of nitrogens with one attached hydrogen (secondary N) is 1. The average Bonchev–Trinajstić information content (AvgIpc) is 3.32. The van der Waals surface area contributed by atoms with Crippen molar-refractivity contribution >= 4 is 22.5 Å². The molecule has 0 aliphatic carbocycles. The molecule has 1 aromatic carbocycles. The lowest BCUT2D eigenvalue weighted by Crippen LogP contribution is -2.48. The number of hydrogen-bond donors (Lipinski definition) is 2. The average molecular weight is 489 g/mol. The molecule has 4 rings (SSSR count). The van der Waals surface area contributed by atoms with Crippen LogP contribution in [0.25, 0.3) is 21.7 Å². The van der Waals surface area contributed by atoms with Crippen molar-refractivity contribution in [2.45, 2.75) is 32.0 Å². The number of aliphatic hydroxyl groups excluding tert-OH is 1. The first-order valence-electron chi connectivity index (χ1n) is 11.0. The first-order chi connectivity index (χ1) is 16.9. The smallest absolute Gasteiger partial charge is 0.323 e. The molecule has 3 aromatic rings. The summed E-state index contributed by atoms with van der Waals surface area (Å²) in [5.41, 5.74) is 3.10. The number of anilines is 1. The molecule has 0 unspecified atom stereocenters. The fourth-order valence-corrected chi connectivity index (χ4v) is 5.02. The van der Waals surface area contributed by atoms with Gasteiger partial charge in [-0.3, -0.25) is 10.3 Å². The molecule has 9 nitrogen and oxygen atoms in total. The molecule has 35 heavy (non-hydrogen) atoms. The minimum Gasteiger partial charge on any atom is -0.390 e. The van der Waals surface area contributed by atoms with E-state index in [1.165, 1.54) is 18.4 Å². The van der Waals surface area contributed by atoms with Crippen LogP contribution >= 0.6 is 11.3 Å². The van der Waals surface area contributed by atoms with Gasteiger partial charge in [-0.2, -0.15) is 10.5 Å². The number of amides is 2. The maximum atomic E-state index is 13.0. The molecule has 2 N–H and O–H groups in total. The van der Waals surface area contributed by atoms with Crippen LogP contribution in [0, 0.1) is 29.6 Å². The Morgan fingerprint density at radius 3 is 2.66 bits per heavy atom. The molecule has 0 atom stereocenters. The number of carbonyl (C=O) groups excluding carboxylic acids is 1. The summed E-state index contributed by atoms with van der Waals surface area (Å²) in [5.74, 6) is 0. The van der Waals surface area contributed by atoms with Crippen molar-refractivity contribution in [3.8, 4) is 33.8 Å². The summed E-state index contributed by atoms with van der Waals surface area (Å²) in [4.78, 5) is 24.4. The number of likely N-dealkylation sites (tertiary alicyclic amines) is 1. The normalized spacial score (nSPS) is 14.7. The van der Waals surface area contributed by atoms with Gasteiger partial charge in [-0.15, -0.1) is 0 Å². The van der Waals surface area contributed by atoms with Gasteiger partial charge in [0, 0.05) is 44.3 Å². The van der Waals surface area contributed by atoms with Crippen molar-refractivity contribution in [2.75, 3.05) is 25.5 Å². The van der Waals surface area contributed by atoms with E-state index in [4.69, 9.17) is 9.72 Å². The van der Waals surface area contributed by atoms with E-state index in [2.05, 4.69) is 22.4 Å². The Kier molecular flexibility index (Phi) is 7.08. The highest BCUT2D eigenvalue weighted by Crippen LogP contribution is 2.40. The van der Waals surface area contributed by atoms with E-state index in [9.17, 15) is 20.4 Å². The fraction of sp³-hybridized carbons (Fsp3) is 0.320. The number of nitriles is 2. The van der Waals surface area contributed by atoms with Crippen LogP contribution in [-0.2, 0) is 11.3 Å². The number of aromatic nitrogens is 2. The molecular weight excluding hydrogens is 464 g/mol. The number of thiazole rings is 1. The van der Waals surface area contributed by atoms with Crippen LogP contribution in [-0.4, -0.2) is 51.8 Å². The Labute approximate surface area is 207 Å². The summed E-state index contributed by atoms with van der Waals surface area (Å²) in [6.07, 6.45) is 0.867. The number of carbonyl (C=O) groups is 1. The SMILES string of the molecule is COC1(C#N)CCN(C(=O)Nc2nc(-c3cccc(C#N)c3)c(-c3cc(C)nc(CO)c3)s2)CC1. The maximum Gasteiger partial charge on any atom is 0.323 e. The third kappa shape index (κ3) is 5.15. The van der Waals surface area contributed by atoms with Gasteiger partial charge in [-0.25, -0.2) is 9.78 Å². The first kappa shape index (κ1) is 24.3. The predicted octanol–water partition coefficient (Wildman–Crippen LogP) is 4.08. The van der Waals surface area contributed by atoms with E-state index in [0.29, 0.717) is 48.0 Å². The van der Waals surface area contributed by atoms with Crippen LogP contribution in [0.3, 0.4) is 0 Å². The number of aliphatic hydroxyl groups is 1. The number of pyridine rings is 1. The second kappa shape index (κ2) is 10.2. The van der Waals surface area contributed by atoms with Gasteiger partial charge >= 0.3 is 6.03 Å². The quantitative estimate of drug-likeness (QED) is 0.552. The number of hydrogen-bond acceptors (Lipinski definition) is 8. The van der Waals surface area contributed by atoms with Crippen molar-refractivity contribution in [1.29, 1.82) is 10.5 Å². The van der Waals surface area contributed by atoms with Gasteiger partial charge in [0.25, 0.3) is 0 Å². The summed E-state index contributed by atoms with van der Waals surface area (Å²) < 4.78 is 5.36. The molecule has 178 valence electrons. The van der Waals surface area contributed by atoms with Crippen molar-refractivity contribution in [2.24, 2.45) is 0 Å². The number of aryl methyl sites for hydroxylation is 1. The summed E-state index contributed by atoms with van der Waals surface area (Å²) in [7, 11) is 1.52. The van der Waals surface area contributed by atoms with Crippen molar-refractivity contribution in [1.82, 2.24) is 14.9 Å². The minimum atomic E-state index is -0.853. The highest BCUT2D eigenvalue weighted by Gasteiger charge is 2.36. The molecule has 2 aromatic heterocycles. The molecule has 0 bridgehead atoms. The van der Waals surface area contributed by atoms with E-state index >= 15 is 0 Å². The molecule has 3 heterocycles. The zero-order chi connectivity index (χ0) is 25.0. The molecule has 1 aliphatic rings. The Morgan fingerprint density at radius 2 is 2.00 bits per heavy atom. The van der Waals surface area contributed by atoms with Gasteiger partial charge in [0.05, 0.1) is 40.6 Å². The molecule has 0 saturated carbocycles. The lowest BCUT2D eigenvalue weighted by atomic mass is 9.93. The van der Waals surface area contributed by atoms with Crippen molar-refractivity contribution in [3.63, 3.8) is 0 Å². The van der Waals surface area contributed by atoms with Crippen LogP contribution in [0.2, 0.25) is 0 Å². The van der Waals surface area contributed by atoms with E-state index in [0.717, 1.165) is 21.7 Å². The van der Waals surface area contributed by atoms with Crippen molar-refractivity contribution in [3.05, 3.63) is 53.3 Å². The summed E-state index contributed by atoms with van der Waals surface area (Å²) in [5, 5.41) is 31.7. The van der Waals surface area contributed by atoms with Crippen LogP contribution in [0.5, 0.6) is 0 Å². The molecule has 2 amide bonds. The van der Waals surface area contributed by atoms with Crippen molar-refractivity contribution < 1.29 is 14.6 Å². The molecule has 0 radical (unpaired) electrons. The van der Waals surface area contributed by atoms with E-state index in [-0.39, 0.29) is 12.6 Å². The minimum absolute atomic E-state index is 0.197. The van der Waals surface area contributed by atoms with Gasteiger partial charge in [0.1, 0.15) is 0 Å². The number of nitrogens with zero attached hydrogens (tertiary/aromatic N) is 5. The van der Waals surface area contributed by atoms with Gasteiger partial charge in [0.15, 0.2) is 10.7 Å². The molecule has 1 saturated heterocycles. The Morgan fingerprint density at radius 1 is 1.23 bits per heavy atom. The third-order valence-electron chi connectivity index (χ3n) is 5.99. The van der Waals surface area contributed by atoms with Gasteiger partial charge in [0.2, 0.25) is 0 Å². The summed E-state index contributed by atoms with van der Waals surface area (Å²) in [6, 6.07) is 14.9. The number of methoxy groups -OCH3 is 1. The highest BCUT2D eigenvalue weighted by atomic mass is 32.1. The van der Waals surface area contributed by atoms with E-state index in [1.54, 1.807) is 29.2 Å². The number of ether oxygens (including phenoxy) is 1. The third-order valence-corrected chi connectivity index (χ3v) is 7.01. The van der Waals surface area contributed by atoms with Crippen LogP contribution < -0.4 is 5.32 Å². The lowest BCUT2D eigenvalue weighted by molar-refractivity contribution is -0.00478. The molecule has 1 aliphatic heterocycles.